The van der Waals surface area contributed by atoms with E-state index in [9.17, 15) is 13.6 Å². The molecule has 0 spiro atoms. The van der Waals surface area contributed by atoms with Crippen LogP contribution in [0.3, 0.4) is 0 Å². The average molecular weight is 222 g/mol. The first-order valence-corrected chi connectivity index (χ1v) is 4.95. The molecule has 1 aliphatic rings. The summed E-state index contributed by atoms with van der Waals surface area (Å²) in [6.45, 7) is -2.10. The first-order chi connectivity index (χ1) is 6.94. The molecule has 1 saturated carbocycles. The Labute approximate surface area is 86.8 Å². The van der Waals surface area contributed by atoms with Crippen LogP contribution in [0.2, 0.25) is 0 Å². The summed E-state index contributed by atoms with van der Waals surface area (Å²) in [5.41, 5.74) is 5.65. The number of hydrogen-bond acceptors (Lipinski definition) is 3. The molecule has 0 heterocycles. The van der Waals surface area contributed by atoms with E-state index in [1.54, 1.807) is 0 Å². The molecule has 0 aromatic heterocycles. The number of aliphatic hydroxyl groups excluding tert-OH is 1. The molecule has 1 amide bonds. The Morgan fingerprint density at radius 1 is 1.60 bits per heavy atom. The normalized spacial score (nSPS) is 18.7. The van der Waals surface area contributed by atoms with Crippen molar-refractivity contribution in [3.05, 3.63) is 0 Å². The lowest BCUT2D eigenvalue weighted by molar-refractivity contribution is -0.124. The van der Waals surface area contributed by atoms with Gasteiger partial charge in [0.15, 0.2) is 0 Å². The number of hydrogen-bond donors (Lipinski definition) is 3. The van der Waals surface area contributed by atoms with Gasteiger partial charge in [0, 0.05) is 12.5 Å². The molecular weight excluding hydrogens is 206 g/mol. The van der Waals surface area contributed by atoms with Crippen molar-refractivity contribution in [2.45, 2.75) is 31.2 Å². The monoisotopic (exact) mass is 222 g/mol. The molecular formula is C9H16F2N2O2. The highest BCUT2D eigenvalue weighted by molar-refractivity contribution is 5.76. The van der Waals surface area contributed by atoms with Gasteiger partial charge in [-0.3, -0.25) is 4.79 Å². The second kappa shape index (κ2) is 4.85. The Morgan fingerprint density at radius 2 is 2.20 bits per heavy atom. The van der Waals surface area contributed by atoms with Crippen molar-refractivity contribution < 1.29 is 18.7 Å². The Kier molecular flexibility index (Phi) is 3.98. The quantitative estimate of drug-likeness (QED) is 0.585. The molecule has 88 valence electrons. The molecule has 0 saturated heterocycles. The van der Waals surface area contributed by atoms with E-state index in [1.807, 2.05) is 0 Å². The maximum Gasteiger partial charge on any atom is 0.287 e. The van der Waals surface area contributed by atoms with Crippen molar-refractivity contribution in [1.82, 2.24) is 5.32 Å². The van der Waals surface area contributed by atoms with Gasteiger partial charge in [-0.05, 0) is 18.8 Å². The zero-order valence-electron chi connectivity index (χ0n) is 8.38. The number of aliphatic hydroxyl groups is 1. The predicted octanol–water partition coefficient (Wildman–Crippen LogP) is -0.142. The third kappa shape index (κ3) is 4.53. The highest BCUT2D eigenvalue weighted by atomic mass is 19.3. The summed E-state index contributed by atoms with van der Waals surface area (Å²) in [6.07, 6.45) is 2.11. The van der Waals surface area contributed by atoms with Gasteiger partial charge < -0.3 is 16.2 Å². The van der Waals surface area contributed by atoms with E-state index in [4.69, 9.17) is 10.8 Å². The first-order valence-electron chi connectivity index (χ1n) is 4.95. The van der Waals surface area contributed by atoms with Crippen molar-refractivity contribution >= 4 is 5.91 Å². The van der Waals surface area contributed by atoms with Crippen LogP contribution < -0.4 is 11.1 Å². The fourth-order valence-electron chi connectivity index (χ4n) is 1.26. The van der Waals surface area contributed by atoms with Crippen molar-refractivity contribution in [2.24, 2.45) is 11.7 Å². The zero-order valence-corrected chi connectivity index (χ0v) is 8.38. The van der Waals surface area contributed by atoms with Crippen LogP contribution in [0.5, 0.6) is 0 Å². The second-order valence-electron chi connectivity index (χ2n) is 4.00. The van der Waals surface area contributed by atoms with E-state index in [0.29, 0.717) is 5.92 Å². The molecule has 0 radical (unpaired) electrons. The minimum atomic E-state index is -3.25. The van der Waals surface area contributed by atoms with Gasteiger partial charge in [-0.15, -0.1) is 0 Å². The lowest BCUT2D eigenvalue weighted by atomic mass is 10.1. The smallest absolute Gasteiger partial charge is 0.287 e. The molecule has 0 aromatic carbocycles. The molecule has 4 nitrogen and oxygen atoms in total. The topological polar surface area (TPSA) is 75.4 Å². The van der Waals surface area contributed by atoms with E-state index in [1.165, 1.54) is 0 Å². The van der Waals surface area contributed by atoms with Crippen LogP contribution in [0.25, 0.3) is 0 Å². The Bertz CT molecular complexity index is 232. The fourth-order valence-corrected chi connectivity index (χ4v) is 1.26. The van der Waals surface area contributed by atoms with Crippen molar-refractivity contribution in [2.75, 3.05) is 13.2 Å². The van der Waals surface area contributed by atoms with Gasteiger partial charge in [-0.25, -0.2) is 8.78 Å². The Hall–Kier alpha value is -0.750. The molecule has 1 rings (SSSR count). The minimum absolute atomic E-state index is 0.0756. The molecule has 1 aliphatic carbocycles. The molecule has 1 atom stereocenters. The van der Waals surface area contributed by atoms with E-state index < -0.39 is 25.0 Å². The van der Waals surface area contributed by atoms with Gasteiger partial charge >= 0.3 is 0 Å². The van der Waals surface area contributed by atoms with Crippen LogP contribution in [0, 0.1) is 5.92 Å². The second-order valence-corrected chi connectivity index (χ2v) is 4.00. The fraction of sp³-hybridized carbons (Fsp3) is 0.889. The van der Waals surface area contributed by atoms with Crippen LogP contribution in [0.1, 0.15) is 19.3 Å². The van der Waals surface area contributed by atoms with Gasteiger partial charge in [-0.1, -0.05) is 0 Å². The number of halogens is 2. The number of carbonyl (C=O) groups is 1. The molecule has 15 heavy (non-hydrogen) atoms. The third-order valence-corrected chi connectivity index (χ3v) is 2.42. The molecule has 0 aromatic rings. The number of nitrogens with two attached hydrogens (primary N) is 1. The molecule has 0 aliphatic heterocycles. The lowest BCUT2D eigenvalue weighted by Crippen LogP contribution is -2.41. The van der Waals surface area contributed by atoms with E-state index >= 15 is 0 Å². The maximum atomic E-state index is 12.5. The highest BCUT2D eigenvalue weighted by Crippen LogP contribution is 2.32. The van der Waals surface area contributed by atoms with E-state index in [2.05, 4.69) is 5.32 Å². The van der Waals surface area contributed by atoms with Gasteiger partial charge in [0.1, 0.15) is 6.61 Å². The van der Waals surface area contributed by atoms with Crippen LogP contribution in [-0.2, 0) is 4.79 Å². The number of nitrogens with one attached hydrogen (secondary N) is 1. The first kappa shape index (κ1) is 12.3. The van der Waals surface area contributed by atoms with Crippen LogP contribution in [-0.4, -0.2) is 36.1 Å². The third-order valence-electron chi connectivity index (χ3n) is 2.42. The van der Waals surface area contributed by atoms with Crippen LogP contribution in [0.4, 0.5) is 8.78 Å². The summed E-state index contributed by atoms with van der Waals surface area (Å²) < 4.78 is 25.1. The van der Waals surface area contributed by atoms with Gasteiger partial charge in [0.25, 0.3) is 5.92 Å². The average Bonchev–Trinajstić information content (AvgIpc) is 2.98. The van der Waals surface area contributed by atoms with Gasteiger partial charge in [0.05, 0.1) is 6.54 Å². The number of amides is 1. The highest BCUT2D eigenvalue weighted by Gasteiger charge is 2.31. The SMILES string of the molecule is NC(CC(=O)NCC(F)(F)CO)C1CC1. The predicted molar refractivity (Wildman–Crippen MR) is 50.4 cm³/mol. The van der Waals surface area contributed by atoms with Gasteiger partial charge in [-0.2, -0.15) is 0 Å². The molecule has 1 unspecified atom stereocenters. The van der Waals surface area contributed by atoms with E-state index in [0.717, 1.165) is 12.8 Å². The summed E-state index contributed by atoms with van der Waals surface area (Å²) in [4.78, 5) is 11.1. The number of carbonyl (C=O) groups excluding carboxylic acids is 1. The summed E-state index contributed by atoms with van der Waals surface area (Å²) in [5.74, 6) is -3.36. The van der Waals surface area contributed by atoms with E-state index in [-0.39, 0.29) is 12.5 Å². The maximum absolute atomic E-state index is 12.5. The summed E-state index contributed by atoms with van der Waals surface area (Å²) in [5, 5.41) is 10.3. The Morgan fingerprint density at radius 3 is 2.67 bits per heavy atom. The number of rotatable bonds is 6. The van der Waals surface area contributed by atoms with Crippen molar-refractivity contribution in [1.29, 1.82) is 0 Å². The largest absolute Gasteiger partial charge is 0.390 e. The molecule has 4 N–H and O–H groups in total. The molecule has 1 fully saturated rings. The summed E-state index contributed by atoms with van der Waals surface area (Å²) in [6, 6.07) is -0.229. The van der Waals surface area contributed by atoms with Gasteiger partial charge in [0.2, 0.25) is 5.91 Å². The molecule has 0 bridgehead atoms. The zero-order chi connectivity index (χ0) is 11.5. The summed E-state index contributed by atoms with van der Waals surface area (Å²) in [7, 11) is 0. The van der Waals surface area contributed by atoms with Crippen molar-refractivity contribution in [3.63, 3.8) is 0 Å². The Balaban J connectivity index is 2.17. The minimum Gasteiger partial charge on any atom is -0.390 e. The van der Waals surface area contributed by atoms with Crippen LogP contribution >= 0.6 is 0 Å². The van der Waals surface area contributed by atoms with Crippen molar-refractivity contribution in [3.8, 4) is 0 Å². The standard InChI is InChI=1S/C9H16F2N2O2/c10-9(11,5-14)4-13-8(15)3-7(12)6-1-2-6/h6-7,14H,1-5,12H2,(H,13,15). The molecule has 6 heteroatoms. The summed E-state index contributed by atoms with van der Waals surface area (Å²) >= 11 is 0. The number of alkyl halides is 2. The van der Waals surface area contributed by atoms with Crippen LogP contribution in [0.15, 0.2) is 0 Å². The lowest BCUT2D eigenvalue weighted by Gasteiger charge is -2.15.